The van der Waals surface area contributed by atoms with Gasteiger partial charge in [-0.3, -0.25) is 4.79 Å². The summed E-state index contributed by atoms with van der Waals surface area (Å²) in [7, 11) is 0. The molecule has 1 fully saturated rings. The van der Waals surface area contributed by atoms with Crippen LogP contribution in [0.5, 0.6) is 0 Å². The van der Waals surface area contributed by atoms with Gasteiger partial charge in [-0.15, -0.1) is 0 Å². The third kappa shape index (κ3) is 2.81. The maximum atomic E-state index is 13.7. The largest absolute Gasteiger partial charge is 0.396 e. The molecule has 2 aliphatic rings. The number of amides is 1. The van der Waals surface area contributed by atoms with Crippen molar-refractivity contribution in [1.29, 1.82) is 0 Å². The summed E-state index contributed by atoms with van der Waals surface area (Å²) < 4.78 is 26.9. The molecule has 1 aromatic rings. The number of rotatable bonds is 3. The number of benzene rings is 1. The van der Waals surface area contributed by atoms with Gasteiger partial charge in [0.2, 0.25) is 6.10 Å². The lowest BCUT2D eigenvalue weighted by atomic mass is 10.0. The molecule has 2 unspecified atom stereocenters. The van der Waals surface area contributed by atoms with E-state index >= 15 is 0 Å². The fraction of sp³-hybridized carbons (Fsp3) is 0.467. The second-order valence-electron chi connectivity index (χ2n) is 5.58. The lowest BCUT2D eigenvalue weighted by Crippen LogP contribution is -2.38. The Morgan fingerprint density at radius 3 is 3.00 bits per heavy atom. The first-order chi connectivity index (χ1) is 10.6. The number of hydrogen-bond acceptors (Lipinski definition) is 4. The molecule has 2 heterocycles. The predicted octanol–water partition coefficient (Wildman–Crippen LogP) is 1.30. The maximum Gasteiger partial charge on any atom is 0.266 e. The Kier molecular flexibility index (Phi) is 4.06. The Bertz CT molecular complexity index is 621. The molecule has 0 aliphatic carbocycles. The summed E-state index contributed by atoms with van der Waals surface area (Å²) in [5.74, 6) is -1.31. The van der Waals surface area contributed by atoms with Crippen molar-refractivity contribution >= 4 is 11.6 Å². The van der Waals surface area contributed by atoms with Crippen LogP contribution >= 0.6 is 0 Å². The molecule has 0 spiro atoms. The highest BCUT2D eigenvalue weighted by Gasteiger charge is 2.36. The highest BCUT2D eigenvalue weighted by molar-refractivity contribution is 6.04. The Hall–Kier alpha value is -2.02. The Labute approximate surface area is 126 Å². The van der Waals surface area contributed by atoms with Crippen LogP contribution < -0.4 is 0 Å². The molecule has 1 saturated heterocycles. The van der Waals surface area contributed by atoms with Crippen LogP contribution in [0.15, 0.2) is 23.4 Å². The van der Waals surface area contributed by atoms with Crippen molar-refractivity contribution in [3.63, 3.8) is 0 Å². The number of halogens is 2. The Morgan fingerprint density at radius 1 is 1.45 bits per heavy atom. The number of carbonyl (C=O) groups is 1. The van der Waals surface area contributed by atoms with Crippen LogP contribution in [0.2, 0.25) is 0 Å². The molecule has 118 valence electrons. The van der Waals surface area contributed by atoms with E-state index in [1.807, 2.05) is 0 Å². The van der Waals surface area contributed by atoms with Gasteiger partial charge in [-0.2, -0.15) is 0 Å². The van der Waals surface area contributed by atoms with Gasteiger partial charge in [0.25, 0.3) is 5.91 Å². The molecular weight excluding hydrogens is 294 g/mol. The average Bonchev–Trinajstić information content (AvgIpc) is 3.17. The summed E-state index contributed by atoms with van der Waals surface area (Å²) in [6.07, 6.45) is 0.0517. The number of likely N-dealkylation sites (tertiary alicyclic amines) is 1. The van der Waals surface area contributed by atoms with E-state index in [-0.39, 0.29) is 36.1 Å². The van der Waals surface area contributed by atoms with Crippen molar-refractivity contribution in [2.75, 3.05) is 19.7 Å². The monoisotopic (exact) mass is 310 g/mol. The fourth-order valence-corrected chi connectivity index (χ4v) is 2.77. The van der Waals surface area contributed by atoms with Gasteiger partial charge in [0.15, 0.2) is 0 Å². The second-order valence-corrected chi connectivity index (χ2v) is 5.58. The summed E-state index contributed by atoms with van der Waals surface area (Å²) >= 11 is 0. The van der Waals surface area contributed by atoms with E-state index in [1.54, 1.807) is 4.90 Å². The molecule has 0 radical (unpaired) electrons. The Morgan fingerprint density at radius 2 is 2.27 bits per heavy atom. The fourth-order valence-electron chi connectivity index (χ4n) is 2.77. The van der Waals surface area contributed by atoms with Crippen molar-refractivity contribution < 1.29 is 23.5 Å². The van der Waals surface area contributed by atoms with Crippen LogP contribution in [-0.4, -0.2) is 47.4 Å². The topological polar surface area (TPSA) is 62.1 Å². The van der Waals surface area contributed by atoms with Crippen molar-refractivity contribution in [3.8, 4) is 0 Å². The van der Waals surface area contributed by atoms with Crippen LogP contribution in [0, 0.1) is 17.6 Å². The SMILES string of the molecule is O=C(C1CC(c2cc(F)ccc2F)=NO1)N1CCC(CO)C1. The first-order valence-corrected chi connectivity index (χ1v) is 7.16. The molecule has 2 atom stereocenters. The lowest BCUT2D eigenvalue weighted by Gasteiger charge is -2.19. The van der Waals surface area contributed by atoms with Crippen molar-refractivity contribution in [1.82, 2.24) is 4.90 Å². The molecule has 1 aromatic carbocycles. The first-order valence-electron chi connectivity index (χ1n) is 7.16. The third-order valence-electron chi connectivity index (χ3n) is 4.04. The minimum atomic E-state index is -0.810. The van der Waals surface area contributed by atoms with E-state index in [2.05, 4.69) is 5.16 Å². The van der Waals surface area contributed by atoms with Gasteiger partial charge in [0.1, 0.15) is 11.6 Å². The van der Waals surface area contributed by atoms with Gasteiger partial charge in [-0.25, -0.2) is 8.78 Å². The number of oxime groups is 1. The van der Waals surface area contributed by atoms with Gasteiger partial charge in [0, 0.05) is 37.6 Å². The molecule has 1 N–H and O–H groups in total. The zero-order valence-corrected chi connectivity index (χ0v) is 11.8. The van der Waals surface area contributed by atoms with Gasteiger partial charge in [-0.1, -0.05) is 5.16 Å². The van der Waals surface area contributed by atoms with Crippen molar-refractivity contribution in [3.05, 3.63) is 35.4 Å². The number of aliphatic hydroxyl groups excluding tert-OH is 1. The number of hydrogen-bond donors (Lipinski definition) is 1. The normalized spacial score (nSPS) is 24.3. The van der Waals surface area contributed by atoms with Crippen LogP contribution in [0.4, 0.5) is 8.78 Å². The summed E-state index contributed by atoms with van der Waals surface area (Å²) in [4.78, 5) is 19.0. The molecule has 0 aromatic heterocycles. The molecule has 5 nitrogen and oxygen atoms in total. The van der Waals surface area contributed by atoms with Crippen LogP contribution in [0.3, 0.4) is 0 Å². The van der Waals surface area contributed by atoms with Gasteiger partial charge in [-0.05, 0) is 24.6 Å². The maximum absolute atomic E-state index is 13.7. The summed E-state index contributed by atoms with van der Waals surface area (Å²) in [6.45, 7) is 1.10. The number of aliphatic hydroxyl groups is 1. The molecule has 2 aliphatic heterocycles. The summed E-state index contributed by atoms with van der Waals surface area (Å²) in [5, 5.41) is 12.8. The van der Waals surface area contributed by atoms with Crippen molar-refractivity contribution in [2.24, 2.45) is 11.1 Å². The lowest BCUT2D eigenvalue weighted by molar-refractivity contribution is -0.141. The zero-order valence-electron chi connectivity index (χ0n) is 11.8. The highest BCUT2D eigenvalue weighted by Crippen LogP contribution is 2.23. The first kappa shape index (κ1) is 14.9. The highest BCUT2D eigenvalue weighted by atomic mass is 19.1. The zero-order chi connectivity index (χ0) is 15.7. The second kappa shape index (κ2) is 6.00. The van der Waals surface area contributed by atoms with E-state index in [0.29, 0.717) is 13.1 Å². The van der Waals surface area contributed by atoms with E-state index in [9.17, 15) is 13.6 Å². The van der Waals surface area contributed by atoms with Crippen LogP contribution in [0.25, 0.3) is 0 Å². The summed E-state index contributed by atoms with van der Waals surface area (Å²) in [6, 6.07) is 3.09. The molecule has 0 saturated carbocycles. The molecule has 7 heteroatoms. The molecule has 22 heavy (non-hydrogen) atoms. The predicted molar refractivity (Wildman–Crippen MR) is 74.2 cm³/mol. The van der Waals surface area contributed by atoms with E-state index in [4.69, 9.17) is 9.94 Å². The molecule has 0 bridgehead atoms. The number of nitrogens with zero attached hydrogens (tertiary/aromatic N) is 2. The Balaban J connectivity index is 1.67. The van der Waals surface area contributed by atoms with Gasteiger partial charge in [0.05, 0.1) is 5.71 Å². The molecule has 3 rings (SSSR count). The summed E-state index contributed by atoms with van der Waals surface area (Å²) in [5.41, 5.74) is 0.248. The van der Waals surface area contributed by atoms with Gasteiger partial charge < -0.3 is 14.8 Å². The smallest absolute Gasteiger partial charge is 0.266 e. The molecule has 1 amide bonds. The van der Waals surface area contributed by atoms with E-state index < -0.39 is 17.7 Å². The van der Waals surface area contributed by atoms with Crippen LogP contribution in [0.1, 0.15) is 18.4 Å². The van der Waals surface area contributed by atoms with Gasteiger partial charge >= 0.3 is 0 Å². The van der Waals surface area contributed by atoms with E-state index in [0.717, 1.165) is 24.6 Å². The van der Waals surface area contributed by atoms with Crippen molar-refractivity contribution in [2.45, 2.75) is 18.9 Å². The minimum absolute atomic E-state index is 0.0185. The number of carbonyl (C=O) groups excluding carboxylic acids is 1. The minimum Gasteiger partial charge on any atom is -0.396 e. The third-order valence-corrected chi connectivity index (χ3v) is 4.04. The standard InChI is InChI=1S/C15H16F2N2O3/c16-10-1-2-12(17)11(5-10)13-6-14(22-18-13)15(21)19-4-3-9(7-19)8-20/h1-2,5,9,14,20H,3-4,6-8H2. The average molecular weight is 310 g/mol. The van der Waals surface area contributed by atoms with E-state index in [1.165, 1.54) is 0 Å². The quantitative estimate of drug-likeness (QED) is 0.915. The molecular formula is C15H16F2N2O3. The van der Waals surface area contributed by atoms with Crippen LogP contribution in [-0.2, 0) is 9.63 Å².